The highest BCUT2D eigenvalue weighted by Crippen LogP contribution is 2.30. The van der Waals surface area contributed by atoms with E-state index in [0.29, 0.717) is 0 Å². The van der Waals surface area contributed by atoms with Gasteiger partial charge < -0.3 is 19.7 Å². The maximum Gasteiger partial charge on any atom is 0.330 e. The van der Waals surface area contributed by atoms with E-state index in [4.69, 9.17) is 14.6 Å². The van der Waals surface area contributed by atoms with Crippen molar-refractivity contribution in [1.82, 2.24) is 9.55 Å². The lowest BCUT2D eigenvalue weighted by Gasteiger charge is -2.19. The third-order valence-electron chi connectivity index (χ3n) is 3.48. The molecule has 124 valence electrons. The monoisotopic (exact) mass is 490 g/mol. The number of hydrogen-bond acceptors (Lipinski definition) is 6. The van der Waals surface area contributed by atoms with E-state index in [1.807, 2.05) is 0 Å². The quantitative estimate of drug-likeness (QED) is 0.396. The van der Waals surface area contributed by atoms with Crippen molar-refractivity contribution in [3.05, 3.63) is 32.6 Å². The molecule has 1 aliphatic rings. The molecule has 2 rings (SSSR count). The number of alkyl halides is 2. The number of hydrogen-bond donors (Lipinski definition) is 3. The summed E-state index contributed by atoms with van der Waals surface area (Å²) in [4.78, 5) is 26.2. The van der Waals surface area contributed by atoms with Crippen molar-refractivity contribution < 1.29 is 19.7 Å². The van der Waals surface area contributed by atoms with Crippen molar-refractivity contribution in [1.29, 1.82) is 0 Å². The van der Waals surface area contributed by atoms with Gasteiger partial charge in [0.1, 0.15) is 18.4 Å². The lowest BCUT2D eigenvalue weighted by atomic mass is 10.2. The van der Waals surface area contributed by atoms with Crippen LogP contribution in [-0.2, 0) is 9.47 Å². The number of ether oxygens (including phenoxy) is 2. The van der Waals surface area contributed by atoms with Gasteiger partial charge in [-0.2, -0.15) is 0 Å². The molecule has 1 aromatic rings. The predicted molar refractivity (Wildman–Crippen MR) is 89.4 cm³/mol. The molecule has 8 nitrogen and oxygen atoms in total. The summed E-state index contributed by atoms with van der Waals surface area (Å²) in [6.07, 6.45) is -1.41. The highest BCUT2D eigenvalue weighted by molar-refractivity contribution is 14.1. The molecule has 1 aromatic heterocycles. The molecule has 2 unspecified atom stereocenters. The molecule has 2 heterocycles. The summed E-state index contributed by atoms with van der Waals surface area (Å²) in [6.45, 7) is -0.347. The average molecular weight is 491 g/mol. The first-order valence-electron chi connectivity index (χ1n) is 6.49. The van der Waals surface area contributed by atoms with Crippen molar-refractivity contribution >= 4 is 38.5 Å². The fourth-order valence-electron chi connectivity index (χ4n) is 2.33. The van der Waals surface area contributed by atoms with E-state index >= 15 is 0 Å². The van der Waals surface area contributed by atoms with Gasteiger partial charge >= 0.3 is 5.69 Å². The lowest BCUT2D eigenvalue weighted by molar-refractivity contribution is -0.0461. The van der Waals surface area contributed by atoms with Gasteiger partial charge in [-0.3, -0.25) is 14.3 Å². The van der Waals surface area contributed by atoms with E-state index in [1.54, 1.807) is 0 Å². The number of halogens is 2. The summed E-state index contributed by atoms with van der Waals surface area (Å²) in [5.41, 5.74) is -0.908. The van der Waals surface area contributed by atoms with Gasteiger partial charge in [0, 0.05) is 19.7 Å². The molecule has 0 bridgehead atoms. The van der Waals surface area contributed by atoms with Crippen LogP contribution in [0.15, 0.2) is 15.8 Å². The fraction of sp³-hybridized carbons (Fsp3) is 0.667. The lowest BCUT2D eigenvalue weighted by Crippen LogP contribution is -2.36. The van der Waals surface area contributed by atoms with Gasteiger partial charge in [-0.05, 0) is 0 Å². The third-order valence-corrected chi connectivity index (χ3v) is 4.61. The Morgan fingerprint density at radius 2 is 2.32 bits per heavy atom. The minimum absolute atomic E-state index is 0.149. The number of H-pyrrole nitrogens is 1. The molecule has 10 heteroatoms. The smallest absolute Gasteiger partial charge is 0.330 e. The second-order valence-corrected chi connectivity index (χ2v) is 8.90. The molecule has 0 saturated carbocycles. The first kappa shape index (κ1) is 18.1. The molecule has 22 heavy (non-hydrogen) atoms. The number of rotatable bonds is 5. The van der Waals surface area contributed by atoms with Crippen LogP contribution >= 0.6 is 38.5 Å². The van der Waals surface area contributed by atoms with Crippen LogP contribution in [0.25, 0.3) is 0 Å². The van der Waals surface area contributed by atoms with Crippen LogP contribution in [0, 0.1) is 0 Å². The van der Waals surface area contributed by atoms with E-state index in [-0.39, 0.29) is 21.4 Å². The van der Waals surface area contributed by atoms with Gasteiger partial charge in [0.2, 0.25) is 0 Å². The molecule has 0 aliphatic carbocycles. The summed E-state index contributed by atoms with van der Waals surface area (Å²) in [7, 11) is 1.46. The largest absolute Gasteiger partial charge is 0.394 e. The van der Waals surface area contributed by atoms with E-state index in [9.17, 15) is 14.7 Å². The zero-order chi connectivity index (χ0) is 16.4. The second-order valence-electron chi connectivity index (χ2n) is 4.86. The van der Waals surface area contributed by atoms with Gasteiger partial charge in [0.05, 0.1) is 21.1 Å². The molecule has 0 amide bonds. The van der Waals surface area contributed by atoms with Crippen molar-refractivity contribution in [2.24, 2.45) is 0 Å². The molecule has 1 fully saturated rings. The molecule has 1 saturated heterocycles. The van der Waals surface area contributed by atoms with Crippen LogP contribution in [0.5, 0.6) is 0 Å². The SMILES string of the molecule is COC(c1cn([C@H]2C[C@H](O)[C@@H](CO)O2)c(=O)[nH]c1=O)C(Br)I. The Hall–Kier alpha value is -0.270. The van der Waals surface area contributed by atoms with Crippen LogP contribution in [0.1, 0.15) is 24.3 Å². The zero-order valence-corrected chi connectivity index (χ0v) is 15.4. The first-order chi connectivity index (χ1) is 10.4. The summed E-state index contributed by atoms with van der Waals surface area (Å²) >= 11 is 5.40. The summed E-state index contributed by atoms with van der Waals surface area (Å²) in [5.74, 6) is 0. The first-order valence-corrected chi connectivity index (χ1v) is 8.65. The van der Waals surface area contributed by atoms with Gasteiger partial charge in [-0.25, -0.2) is 4.79 Å². The van der Waals surface area contributed by atoms with Crippen LogP contribution in [-0.4, -0.2) is 48.5 Å². The number of nitrogens with one attached hydrogen (secondary N) is 1. The normalized spacial score (nSPS) is 27.8. The maximum atomic E-state index is 12.0. The fourth-order valence-corrected chi connectivity index (χ4v) is 3.51. The Bertz CT molecular complexity index is 633. The molecule has 0 aromatic carbocycles. The number of aromatic amines is 1. The Morgan fingerprint density at radius 3 is 2.82 bits per heavy atom. The minimum Gasteiger partial charge on any atom is -0.394 e. The molecular formula is C12H16BrIN2O6. The van der Waals surface area contributed by atoms with Gasteiger partial charge in [0.25, 0.3) is 5.56 Å². The predicted octanol–water partition coefficient (Wildman–Crippen LogP) is 0.0208. The van der Waals surface area contributed by atoms with E-state index in [2.05, 4.69) is 43.5 Å². The molecule has 0 spiro atoms. The number of nitrogens with zero attached hydrogens (tertiary/aromatic N) is 1. The summed E-state index contributed by atoms with van der Waals surface area (Å²) in [5, 5.41) is 18.9. The van der Waals surface area contributed by atoms with Gasteiger partial charge in [-0.1, -0.05) is 38.5 Å². The summed E-state index contributed by atoms with van der Waals surface area (Å²) in [6, 6.07) is 0. The van der Waals surface area contributed by atoms with Crippen LogP contribution in [0.4, 0.5) is 0 Å². The number of aromatic nitrogens is 2. The third kappa shape index (κ3) is 3.62. The second kappa shape index (κ2) is 7.53. The standard InChI is InChI=1S/C12H16BrIN2O6/c1-21-9(10(13)14)5-3-16(12(20)15-11(5)19)8-2-6(18)7(4-17)22-8/h3,6-10,17-18H,2,4H2,1H3,(H,15,19,20)/t6-,7+,8+,9?,10?/m0/s1. The number of methoxy groups -OCH3 is 1. The van der Waals surface area contributed by atoms with Crippen LogP contribution in [0.2, 0.25) is 0 Å². The number of aliphatic hydroxyl groups is 2. The Morgan fingerprint density at radius 1 is 1.64 bits per heavy atom. The Balaban J connectivity index is 2.41. The molecule has 3 N–H and O–H groups in total. The Kier molecular flexibility index (Phi) is 6.19. The van der Waals surface area contributed by atoms with Gasteiger partial charge in [0.15, 0.2) is 0 Å². The van der Waals surface area contributed by atoms with Crippen molar-refractivity contribution in [2.45, 2.75) is 33.8 Å². The van der Waals surface area contributed by atoms with Crippen LogP contribution < -0.4 is 11.2 Å². The van der Waals surface area contributed by atoms with E-state index in [1.165, 1.54) is 17.9 Å². The average Bonchev–Trinajstić information content (AvgIpc) is 2.82. The zero-order valence-electron chi connectivity index (χ0n) is 11.6. The molecule has 0 radical (unpaired) electrons. The van der Waals surface area contributed by atoms with Gasteiger partial charge in [-0.15, -0.1) is 0 Å². The molecule has 1 aliphatic heterocycles. The molecule has 5 atom stereocenters. The van der Waals surface area contributed by atoms with Crippen molar-refractivity contribution in [2.75, 3.05) is 13.7 Å². The minimum atomic E-state index is -0.871. The Labute approximate surface area is 147 Å². The maximum absolute atomic E-state index is 12.0. The van der Waals surface area contributed by atoms with Crippen molar-refractivity contribution in [3.63, 3.8) is 0 Å². The molecular weight excluding hydrogens is 475 g/mol. The summed E-state index contributed by atoms with van der Waals surface area (Å²) < 4.78 is 11.7. The van der Waals surface area contributed by atoms with Crippen molar-refractivity contribution in [3.8, 4) is 0 Å². The number of aliphatic hydroxyl groups excluding tert-OH is 2. The topological polar surface area (TPSA) is 114 Å². The highest BCUT2D eigenvalue weighted by Gasteiger charge is 2.35. The van der Waals surface area contributed by atoms with Crippen LogP contribution in [0.3, 0.4) is 0 Å². The highest BCUT2D eigenvalue weighted by atomic mass is 127. The van der Waals surface area contributed by atoms with E-state index in [0.717, 1.165) is 0 Å². The van der Waals surface area contributed by atoms with E-state index < -0.39 is 35.8 Å².